The van der Waals surface area contributed by atoms with Crippen molar-refractivity contribution in [3.05, 3.63) is 59.7 Å². The predicted octanol–water partition coefficient (Wildman–Crippen LogP) is 5.92. The van der Waals surface area contributed by atoms with E-state index >= 15 is 0 Å². The average molecular weight is 411 g/mol. The molecule has 1 amide bonds. The molecule has 1 fully saturated rings. The first-order valence-electron chi connectivity index (χ1n) is 10.9. The first kappa shape index (κ1) is 22.0. The van der Waals surface area contributed by atoms with E-state index in [1.54, 1.807) is 0 Å². The standard InChI is InChI=1S/C25H34N2O3/c1-25(2,3)30-24(28)27(22-12-8-5-9-13-22)17-20-16-21(26)14-15-23(20)29-18-19-10-6-4-7-11-19/h4,6-7,10-11,14-16,22H,5,8-9,12-13,17-18,26H2,1-3H3. The SMILES string of the molecule is CC(C)(C)OC(=O)N(Cc1cc(N)ccc1OCc1ccccc1)C1CCCCC1. The molecule has 1 aliphatic carbocycles. The normalized spacial score (nSPS) is 14.9. The van der Waals surface area contributed by atoms with Gasteiger partial charge in [0.05, 0.1) is 6.54 Å². The highest BCUT2D eigenvalue weighted by atomic mass is 16.6. The van der Waals surface area contributed by atoms with E-state index in [1.807, 2.05) is 74.2 Å². The van der Waals surface area contributed by atoms with Crippen molar-refractivity contribution in [3.8, 4) is 5.75 Å². The Kier molecular flexibility index (Phi) is 7.24. The van der Waals surface area contributed by atoms with E-state index in [9.17, 15) is 4.79 Å². The van der Waals surface area contributed by atoms with Gasteiger partial charge >= 0.3 is 6.09 Å². The topological polar surface area (TPSA) is 64.8 Å². The second kappa shape index (κ2) is 9.88. The van der Waals surface area contributed by atoms with Crippen LogP contribution in [0.2, 0.25) is 0 Å². The molecule has 0 atom stereocenters. The Hall–Kier alpha value is -2.69. The van der Waals surface area contributed by atoms with Crippen LogP contribution in [0.5, 0.6) is 5.75 Å². The summed E-state index contributed by atoms with van der Waals surface area (Å²) in [4.78, 5) is 14.9. The van der Waals surface area contributed by atoms with E-state index < -0.39 is 5.60 Å². The molecule has 0 heterocycles. The molecule has 2 aromatic rings. The van der Waals surface area contributed by atoms with Crippen LogP contribution >= 0.6 is 0 Å². The monoisotopic (exact) mass is 410 g/mol. The molecule has 0 bridgehead atoms. The van der Waals surface area contributed by atoms with Crippen molar-refractivity contribution in [2.24, 2.45) is 0 Å². The smallest absolute Gasteiger partial charge is 0.410 e. The molecule has 0 aliphatic heterocycles. The lowest BCUT2D eigenvalue weighted by molar-refractivity contribution is 0.00970. The van der Waals surface area contributed by atoms with Crippen LogP contribution in [0.3, 0.4) is 0 Å². The van der Waals surface area contributed by atoms with Gasteiger partial charge in [-0.05, 0) is 57.4 Å². The van der Waals surface area contributed by atoms with Crippen LogP contribution in [0.25, 0.3) is 0 Å². The van der Waals surface area contributed by atoms with Crippen molar-refractivity contribution in [2.45, 2.75) is 77.7 Å². The maximum Gasteiger partial charge on any atom is 0.410 e. The van der Waals surface area contributed by atoms with Gasteiger partial charge in [-0.2, -0.15) is 0 Å². The second-order valence-electron chi connectivity index (χ2n) is 9.04. The van der Waals surface area contributed by atoms with Gasteiger partial charge in [-0.1, -0.05) is 49.6 Å². The Morgan fingerprint density at radius 2 is 1.77 bits per heavy atom. The van der Waals surface area contributed by atoms with Crippen LogP contribution in [-0.4, -0.2) is 22.6 Å². The number of carbonyl (C=O) groups is 1. The van der Waals surface area contributed by atoms with Gasteiger partial charge in [0.25, 0.3) is 0 Å². The van der Waals surface area contributed by atoms with E-state index in [1.165, 1.54) is 6.42 Å². The average Bonchev–Trinajstić information content (AvgIpc) is 2.71. The molecule has 30 heavy (non-hydrogen) atoms. The lowest BCUT2D eigenvalue weighted by Gasteiger charge is -2.36. The summed E-state index contributed by atoms with van der Waals surface area (Å²) in [5.74, 6) is 0.748. The fraction of sp³-hybridized carbons (Fsp3) is 0.480. The molecule has 1 aliphatic rings. The Balaban J connectivity index is 1.81. The summed E-state index contributed by atoms with van der Waals surface area (Å²) in [6.07, 6.45) is 5.23. The highest BCUT2D eigenvalue weighted by molar-refractivity contribution is 5.69. The molecule has 0 aromatic heterocycles. The van der Waals surface area contributed by atoms with Crippen molar-refractivity contribution in [1.82, 2.24) is 4.90 Å². The highest BCUT2D eigenvalue weighted by Gasteiger charge is 2.30. The minimum absolute atomic E-state index is 0.178. The second-order valence-corrected chi connectivity index (χ2v) is 9.04. The number of anilines is 1. The third-order valence-electron chi connectivity index (χ3n) is 5.31. The summed E-state index contributed by atoms with van der Waals surface area (Å²) < 4.78 is 11.9. The van der Waals surface area contributed by atoms with Gasteiger partial charge < -0.3 is 20.1 Å². The van der Waals surface area contributed by atoms with Gasteiger partial charge in [-0.3, -0.25) is 0 Å². The third kappa shape index (κ3) is 6.41. The fourth-order valence-corrected chi connectivity index (χ4v) is 3.84. The molecule has 0 radical (unpaired) electrons. The zero-order chi connectivity index (χ0) is 21.6. The molecule has 2 aromatic carbocycles. The summed E-state index contributed by atoms with van der Waals surface area (Å²) in [7, 11) is 0. The largest absolute Gasteiger partial charge is 0.489 e. The van der Waals surface area contributed by atoms with Crippen molar-refractivity contribution >= 4 is 11.8 Å². The van der Waals surface area contributed by atoms with E-state index in [2.05, 4.69) is 0 Å². The number of hydrogen-bond acceptors (Lipinski definition) is 4. The van der Waals surface area contributed by atoms with Gasteiger partial charge in [0.1, 0.15) is 18.0 Å². The fourth-order valence-electron chi connectivity index (χ4n) is 3.84. The van der Waals surface area contributed by atoms with Crippen molar-refractivity contribution < 1.29 is 14.3 Å². The van der Waals surface area contributed by atoms with E-state index in [-0.39, 0.29) is 12.1 Å². The molecule has 5 heteroatoms. The highest BCUT2D eigenvalue weighted by Crippen LogP contribution is 2.30. The molecule has 0 spiro atoms. The molecule has 0 unspecified atom stereocenters. The number of rotatable bonds is 6. The van der Waals surface area contributed by atoms with Crippen LogP contribution in [0.4, 0.5) is 10.5 Å². The zero-order valence-corrected chi connectivity index (χ0v) is 18.4. The predicted molar refractivity (Wildman–Crippen MR) is 120 cm³/mol. The Morgan fingerprint density at radius 1 is 1.07 bits per heavy atom. The molecule has 162 valence electrons. The van der Waals surface area contributed by atoms with Gasteiger partial charge in [-0.15, -0.1) is 0 Å². The Morgan fingerprint density at radius 3 is 2.43 bits per heavy atom. The number of benzene rings is 2. The van der Waals surface area contributed by atoms with Crippen LogP contribution in [0.15, 0.2) is 48.5 Å². The van der Waals surface area contributed by atoms with E-state index in [0.717, 1.165) is 42.6 Å². The Bertz CT molecular complexity index is 824. The molecule has 1 saturated carbocycles. The minimum atomic E-state index is -0.535. The molecule has 0 saturated heterocycles. The first-order chi connectivity index (χ1) is 14.3. The molecule has 5 nitrogen and oxygen atoms in total. The van der Waals surface area contributed by atoms with E-state index in [0.29, 0.717) is 18.8 Å². The van der Waals surface area contributed by atoms with Crippen LogP contribution < -0.4 is 10.5 Å². The summed E-state index contributed by atoms with van der Waals surface area (Å²) in [5, 5.41) is 0. The Labute approximate surface area is 180 Å². The summed E-state index contributed by atoms with van der Waals surface area (Å²) in [6, 6.07) is 15.9. The van der Waals surface area contributed by atoms with E-state index in [4.69, 9.17) is 15.2 Å². The van der Waals surface area contributed by atoms with Crippen molar-refractivity contribution in [2.75, 3.05) is 5.73 Å². The number of ether oxygens (including phenoxy) is 2. The van der Waals surface area contributed by atoms with Crippen LogP contribution in [-0.2, 0) is 17.9 Å². The van der Waals surface area contributed by atoms with Crippen LogP contribution in [0.1, 0.15) is 64.0 Å². The number of nitrogens with two attached hydrogens (primary N) is 1. The van der Waals surface area contributed by atoms with Crippen LogP contribution in [0, 0.1) is 0 Å². The number of hydrogen-bond donors (Lipinski definition) is 1. The summed E-state index contributed by atoms with van der Waals surface area (Å²) in [5.41, 5.74) is 8.20. The summed E-state index contributed by atoms with van der Waals surface area (Å²) >= 11 is 0. The lowest BCUT2D eigenvalue weighted by Crippen LogP contribution is -2.43. The molecular weight excluding hydrogens is 376 g/mol. The quantitative estimate of drug-likeness (QED) is 0.601. The number of carbonyl (C=O) groups excluding carboxylic acids is 1. The zero-order valence-electron chi connectivity index (χ0n) is 18.4. The first-order valence-corrected chi connectivity index (χ1v) is 10.9. The lowest BCUT2D eigenvalue weighted by atomic mass is 9.94. The number of amides is 1. The summed E-state index contributed by atoms with van der Waals surface area (Å²) in [6.45, 7) is 6.60. The van der Waals surface area contributed by atoms with Gasteiger partial charge in [0, 0.05) is 17.3 Å². The van der Waals surface area contributed by atoms with Gasteiger partial charge in [0.2, 0.25) is 0 Å². The maximum atomic E-state index is 13.1. The molecule has 3 rings (SSSR count). The number of nitrogen functional groups attached to an aromatic ring is 1. The molecular formula is C25H34N2O3. The van der Waals surface area contributed by atoms with Crippen molar-refractivity contribution in [1.29, 1.82) is 0 Å². The maximum absolute atomic E-state index is 13.1. The van der Waals surface area contributed by atoms with Gasteiger partial charge in [-0.25, -0.2) is 4.79 Å². The van der Waals surface area contributed by atoms with Crippen molar-refractivity contribution in [3.63, 3.8) is 0 Å². The van der Waals surface area contributed by atoms with Gasteiger partial charge in [0.15, 0.2) is 0 Å². The third-order valence-corrected chi connectivity index (χ3v) is 5.31. The molecule has 2 N–H and O–H groups in total. The number of nitrogens with zero attached hydrogens (tertiary/aromatic N) is 1. The minimum Gasteiger partial charge on any atom is -0.489 e.